The van der Waals surface area contributed by atoms with E-state index in [1.807, 2.05) is 32.0 Å². The number of aromatic nitrogens is 1. The van der Waals surface area contributed by atoms with Crippen molar-refractivity contribution < 1.29 is 23.7 Å². The second-order valence-electron chi connectivity index (χ2n) is 8.75. The Hall–Kier alpha value is -3.40. The van der Waals surface area contributed by atoms with Crippen LogP contribution in [0.15, 0.2) is 63.5 Å². The van der Waals surface area contributed by atoms with Crippen LogP contribution in [0.3, 0.4) is 0 Å². The minimum Gasteiger partial charge on any atom is -0.490 e. The average Bonchev–Trinajstić information content (AvgIpc) is 3.22. The quantitative estimate of drug-likeness (QED) is 0.253. The molecule has 0 spiro atoms. The van der Waals surface area contributed by atoms with E-state index >= 15 is 0 Å². The fourth-order valence-electron chi connectivity index (χ4n) is 4.20. The van der Waals surface area contributed by atoms with Gasteiger partial charge in [-0.25, -0.2) is 9.79 Å². The van der Waals surface area contributed by atoms with Gasteiger partial charge in [-0.2, -0.15) is 0 Å². The Bertz CT molecular complexity index is 1540. The van der Waals surface area contributed by atoms with E-state index in [4.69, 9.17) is 30.5 Å². The van der Waals surface area contributed by atoms with Gasteiger partial charge in [-0.15, -0.1) is 0 Å². The first-order valence-electron chi connectivity index (χ1n) is 12.7. The third-order valence-corrected chi connectivity index (χ3v) is 7.21. The summed E-state index contributed by atoms with van der Waals surface area (Å²) in [5.41, 5.74) is 2.02. The van der Waals surface area contributed by atoms with E-state index in [1.54, 1.807) is 41.8 Å². The van der Waals surface area contributed by atoms with E-state index in [0.29, 0.717) is 50.3 Å². The summed E-state index contributed by atoms with van der Waals surface area (Å²) in [5, 5.41) is 0.549. The first kappa shape index (κ1) is 28.6. The Morgan fingerprint density at radius 1 is 1.08 bits per heavy atom. The highest BCUT2D eigenvalue weighted by Gasteiger charge is 2.33. The summed E-state index contributed by atoms with van der Waals surface area (Å²) in [6.45, 7) is 7.11. The molecule has 0 saturated heterocycles. The lowest BCUT2D eigenvalue weighted by atomic mass is 9.96. The van der Waals surface area contributed by atoms with Crippen molar-refractivity contribution in [3.63, 3.8) is 0 Å². The third-order valence-electron chi connectivity index (χ3n) is 5.98. The summed E-state index contributed by atoms with van der Waals surface area (Å²) in [5.74, 6) is 0.724. The van der Waals surface area contributed by atoms with E-state index in [1.165, 1.54) is 18.4 Å². The second kappa shape index (κ2) is 13.1. The van der Waals surface area contributed by atoms with Crippen molar-refractivity contribution in [2.45, 2.75) is 33.2 Å². The van der Waals surface area contributed by atoms with Gasteiger partial charge < -0.3 is 18.9 Å². The number of allylic oxidation sites excluding steroid dienone is 1. The molecule has 0 saturated carbocycles. The molecule has 0 aliphatic carbocycles. The van der Waals surface area contributed by atoms with Crippen molar-refractivity contribution in [3.05, 3.63) is 89.6 Å². The molecule has 1 atom stereocenters. The van der Waals surface area contributed by atoms with Gasteiger partial charge in [0.2, 0.25) is 0 Å². The molecular formula is C29H31ClN2O6S. The van der Waals surface area contributed by atoms with Crippen molar-refractivity contribution in [2.24, 2.45) is 4.99 Å². The number of esters is 1. The number of ether oxygens (including phenoxy) is 4. The molecule has 1 unspecified atom stereocenters. The lowest BCUT2D eigenvalue weighted by Crippen LogP contribution is -2.40. The highest BCUT2D eigenvalue weighted by molar-refractivity contribution is 7.07. The molecule has 10 heteroatoms. The first-order valence-corrected chi connectivity index (χ1v) is 13.9. The molecule has 0 fully saturated rings. The molecule has 0 radical (unpaired) electrons. The number of hydrogen-bond donors (Lipinski definition) is 0. The van der Waals surface area contributed by atoms with E-state index in [-0.39, 0.29) is 18.8 Å². The summed E-state index contributed by atoms with van der Waals surface area (Å²) in [6, 6.07) is 11.9. The number of carbonyl (C=O) groups is 1. The first-order chi connectivity index (χ1) is 18.9. The van der Waals surface area contributed by atoms with Crippen LogP contribution in [0, 0.1) is 0 Å². The maximum absolute atomic E-state index is 13.8. The number of methoxy groups -OCH3 is 1. The van der Waals surface area contributed by atoms with Crippen molar-refractivity contribution >= 4 is 35.0 Å². The Morgan fingerprint density at radius 3 is 2.54 bits per heavy atom. The number of rotatable bonds is 11. The summed E-state index contributed by atoms with van der Waals surface area (Å²) < 4.78 is 24.1. The molecule has 0 amide bonds. The maximum atomic E-state index is 13.8. The molecule has 1 aliphatic heterocycles. The van der Waals surface area contributed by atoms with E-state index in [0.717, 1.165) is 17.5 Å². The molecule has 2 aromatic carbocycles. The van der Waals surface area contributed by atoms with Gasteiger partial charge in [0, 0.05) is 12.1 Å². The standard InChI is InChI=1S/C29H31ClN2O6S/c1-5-13-37-22-12-7-19(16-23(22)36-6-2)17-24-27(33)32-26(20-8-10-21(30)11-9-20)25(18(3)31-29(32)39-24)28(34)38-15-14-35-4/h7-12,16-17,26H,5-6,13-15H2,1-4H3. The van der Waals surface area contributed by atoms with Gasteiger partial charge in [-0.1, -0.05) is 48.1 Å². The van der Waals surface area contributed by atoms with Crippen LogP contribution < -0.4 is 24.4 Å². The Morgan fingerprint density at radius 2 is 1.85 bits per heavy atom. The second-order valence-corrected chi connectivity index (χ2v) is 10.2. The Balaban J connectivity index is 1.82. The molecule has 4 rings (SSSR count). The Labute approximate surface area is 235 Å². The van der Waals surface area contributed by atoms with Crippen LogP contribution in [0.5, 0.6) is 11.5 Å². The highest BCUT2D eigenvalue weighted by Crippen LogP contribution is 2.32. The van der Waals surface area contributed by atoms with Crippen LogP contribution >= 0.6 is 22.9 Å². The number of halogens is 1. The van der Waals surface area contributed by atoms with Gasteiger partial charge in [0.15, 0.2) is 16.3 Å². The van der Waals surface area contributed by atoms with E-state index in [2.05, 4.69) is 4.99 Å². The number of nitrogens with zero attached hydrogens (tertiary/aromatic N) is 2. The van der Waals surface area contributed by atoms with Crippen LogP contribution in [0.1, 0.15) is 44.4 Å². The predicted octanol–water partition coefficient (Wildman–Crippen LogP) is 4.27. The van der Waals surface area contributed by atoms with Crippen molar-refractivity contribution in [3.8, 4) is 11.5 Å². The number of carbonyl (C=O) groups excluding carboxylic acids is 1. The summed E-state index contributed by atoms with van der Waals surface area (Å²) in [7, 11) is 1.53. The minimum atomic E-state index is -0.723. The van der Waals surface area contributed by atoms with Crippen LogP contribution in [-0.4, -0.2) is 44.1 Å². The van der Waals surface area contributed by atoms with E-state index in [9.17, 15) is 9.59 Å². The monoisotopic (exact) mass is 570 g/mol. The molecule has 3 aromatic rings. The van der Waals surface area contributed by atoms with Crippen molar-refractivity contribution in [2.75, 3.05) is 33.5 Å². The smallest absolute Gasteiger partial charge is 0.338 e. The van der Waals surface area contributed by atoms with Gasteiger partial charge in [0.1, 0.15) is 6.61 Å². The minimum absolute atomic E-state index is 0.0873. The molecule has 0 bridgehead atoms. The average molecular weight is 571 g/mol. The van der Waals surface area contributed by atoms with Gasteiger partial charge in [-0.05, 0) is 61.7 Å². The number of hydrogen-bond acceptors (Lipinski definition) is 8. The SMILES string of the molecule is CCCOc1ccc(C=c2sc3n(c2=O)C(c2ccc(Cl)cc2)C(C(=O)OCCOC)=C(C)N=3)cc1OCC. The molecular weight excluding hydrogens is 540 g/mol. The van der Waals surface area contributed by atoms with E-state index < -0.39 is 12.0 Å². The number of fused-ring (bicyclic) bond motifs is 1. The van der Waals surface area contributed by atoms with Gasteiger partial charge in [0.25, 0.3) is 5.56 Å². The van der Waals surface area contributed by atoms with Crippen LogP contribution in [0.4, 0.5) is 0 Å². The lowest BCUT2D eigenvalue weighted by Gasteiger charge is -2.24. The van der Waals surface area contributed by atoms with Gasteiger partial charge >= 0.3 is 5.97 Å². The molecule has 2 heterocycles. The normalized spacial score (nSPS) is 15.1. The van der Waals surface area contributed by atoms with Crippen LogP contribution in [-0.2, 0) is 14.3 Å². The summed E-state index contributed by atoms with van der Waals surface area (Å²) in [4.78, 5) is 32.1. The number of benzene rings is 2. The Kier molecular flexibility index (Phi) is 9.61. The number of thiazole rings is 1. The topological polar surface area (TPSA) is 88.4 Å². The third kappa shape index (κ3) is 6.43. The maximum Gasteiger partial charge on any atom is 0.338 e. The zero-order valence-electron chi connectivity index (χ0n) is 22.4. The molecule has 39 heavy (non-hydrogen) atoms. The molecule has 1 aromatic heterocycles. The summed E-state index contributed by atoms with van der Waals surface area (Å²) >= 11 is 7.39. The predicted molar refractivity (Wildman–Crippen MR) is 151 cm³/mol. The van der Waals surface area contributed by atoms with Crippen molar-refractivity contribution in [1.82, 2.24) is 4.57 Å². The van der Waals surface area contributed by atoms with Gasteiger partial charge in [0.05, 0.1) is 41.7 Å². The van der Waals surface area contributed by atoms with Crippen LogP contribution in [0.2, 0.25) is 5.02 Å². The van der Waals surface area contributed by atoms with Gasteiger partial charge in [-0.3, -0.25) is 9.36 Å². The zero-order valence-corrected chi connectivity index (χ0v) is 23.9. The fraction of sp³-hybridized carbons (Fsp3) is 0.345. The fourth-order valence-corrected chi connectivity index (χ4v) is 5.38. The lowest BCUT2D eigenvalue weighted by molar-refractivity contribution is -0.140. The zero-order chi connectivity index (χ0) is 27.9. The molecule has 1 aliphatic rings. The molecule has 8 nitrogen and oxygen atoms in total. The van der Waals surface area contributed by atoms with Crippen LogP contribution in [0.25, 0.3) is 6.08 Å². The summed E-state index contributed by atoms with van der Waals surface area (Å²) in [6.07, 6.45) is 2.68. The molecule has 206 valence electrons. The largest absolute Gasteiger partial charge is 0.490 e. The highest BCUT2D eigenvalue weighted by atomic mass is 35.5. The molecule has 0 N–H and O–H groups in total. The van der Waals surface area contributed by atoms with Crippen molar-refractivity contribution in [1.29, 1.82) is 0 Å².